The summed E-state index contributed by atoms with van der Waals surface area (Å²) in [5.74, 6) is -0.577. The quantitative estimate of drug-likeness (QED) is 0.860. The Kier molecular flexibility index (Phi) is 5.26. The van der Waals surface area contributed by atoms with E-state index in [2.05, 4.69) is 18.7 Å². The summed E-state index contributed by atoms with van der Waals surface area (Å²) >= 11 is 0. The number of piperazine rings is 1. The van der Waals surface area contributed by atoms with Gasteiger partial charge in [-0.25, -0.2) is 0 Å². The fourth-order valence-electron chi connectivity index (χ4n) is 3.06. The highest BCUT2D eigenvalue weighted by Crippen LogP contribution is 2.32. The first-order valence-electron chi connectivity index (χ1n) is 7.55. The lowest BCUT2D eigenvalue weighted by Gasteiger charge is -2.42. The van der Waals surface area contributed by atoms with E-state index in [9.17, 15) is 15.0 Å². The zero-order valence-electron chi connectivity index (χ0n) is 13.3. The van der Waals surface area contributed by atoms with Gasteiger partial charge in [-0.2, -0.15) is 0 Å². The molecule has 1 aliphatic rings. The van der Waals surface area contributed by atoms with Crippen molar-refractivity contribution in [1.29, 1.82) is 0 Å². The number of aliphatic carboxylic acids is 1. The van der Waals surface area contributed by atoms with Crippen LogP contribution in [0.2, 0.25) is 0 Å². The number of phenols is 1. The number of hydrogen-bond donors (Lipinski definition) is 2. The van der Waals surface area contributed by atoms with Gasteiger partial charge >= 0.3 is 5.97 Å². The number of carbonyl (C=O) groups is 1. The number of carboxylic acid groups (broad SMARTS) is 1. The molecule has 2 N–H and O–H groups in total. The summed E-state index contributed by atoms with van der Waals surface area (Å²) in [6.45, 7) is 7.56. The molecule has 0 saturated carbocycles. The Labute approximate surface area is 130 Å². The van der Waals surface area contributed by atoms with Gasteiger partial charge in [-0.3, -0.25) is 9.69 Å². The Hall–Kier alpha value is -1.79. The molecule has 1 saturated heterocycles. The monoisotopic (exact) mass is 308 g/mol. The topological polar surface area (TPSA) is 73.2 Å². The summed E-state index contributed by atoms with van der Waals surface area (Å²) in [5, 5.41) is 19.4. The molecule has 0 radical (unpaired) electrons. The summed E-state index contributed by atoms with van der Waals surface area (Å²) in [6, 6.07) is 4.15. The summed E-state index contributed by atoms with van der Waals surface area (Å²) in [4.78, 5) is 16.1. The number of phenolic OH excluding ortho intramolecular Hbond substituents is 1. The number of methoxy groups -OCH3 is 1. The Balaban J connectivity index is 2.29. The summed E-state index contributed by atoms with van der Waals surface area (Å²) in [7, 11) is 1.46. The van der Waals surface area contributed by atoms with Gasteiger partial charge in [0.05, 0.1) is 7.11 Å². The van der Waals surface area contributed by atoms with Gasteiger partial charge in [0.2, 0.25) is 0 Å². The predicted octanol–water partition coefficient (Wildman–Crippen LogP) is 1.55. The molecule has 1 heterocycles. The van der Waals surface area contributed by atoms with Crippen LogP contribution in [0.5, 0.6) is 11.5 Å². The van der Waals surface area contributed by atoms with Crippen molar-refractivity contribution in [2.45, 2.75) is 25.9 Å². The van der Waals surface area contributed by atoms with Crippen LogP contribution in [0.1, 0.15) is 25.5 Å². The number of ether oxygens (including phenoxy) is 1. The highest BCUT2D eigenvalue weighted by molar-refractivity contribution is 5.76. The van der Waals surface area contributed by atoms with Gasteiger partial charge in [0, 0.05) is 25.7 Å². The Morgan fingerprint density at radius 1 is 1.45 bits per heavy atom. The van der Waals surface area contributed by atoms with Gasteiger partial charge in [0.1, 0.15) is 6.04 Å². The first-order chi connectivity index (χ1) is 10.5. The number of rotatable bonds is 5. The average Bonchev–Trinajstić information content (AvgIpc) is 2.50. The fourth-order valence-corrected chi connectivity index (χ4v) is 3.06. The lowest BCUT2D eigenvalue weighted by atomic mass is 10.0. The molecule has 0 bridgehead atoms. The number of carboxylic acids is 1. The standard InChI is InChI=1S/C16H24N2O4/c1-4-17-7-8-18(11(2)10-17)15(16(20)21)12-5-6-13(19)14(9-12)22-3/h5-6,9,11,15,19H,4,7-8,10H2,1-3H3,(H,20,21). The van der Waals surface area contributed by atoms with Gasteiger partial charge in [0.25, 0.3) is 0 Å². The van der Waals surface area contributed by atoms with E-state index in [1.54, 1.807) is 12.1 Å². The molecule has 1 aliphatic heterocycles. The van der Waals surface area contributed by atoms with Crippen LogP contribution in [0.25, 0.3) is 0 Å². The highest BCUT2D eigenvalue weighted by atomic mass is 16.5. The molecule has 1 fully saturated rings. The molecule has 2 atom stereocenters. The number of aromatic hydroxyl groups is 1. The summed E-state index contributed by atoms with van der Waals surface area (Å²) < 4.78 is 5.09. The number of nitrogens with zero attached hydrogens (tertiary/aromatic N) is 2. The molecule has 6 heteroatoms. The number of likely N-dealkylation sites (N-methyl/N-ethyl adjacent to an activating group) is 1. The minimum absolute atomic E-state index is 0.0132. The molecule has 22 heavy (non-hydrogen) atoms. The lowest BCUT2D eigenvalue weighted by Crippen LogP contribution is -2.54. The molecule has 2 rings (SSSR count). The van der Waals surface area contributed by atoms with Crippen molar-refractivity contribution in [3.8, 4) is 11.5 Å². The zero-order valence-corrected chi connectivity index (χ0v) is 13.3. The normalized spacial score (nSPS) is 21.5. The van der Waals surface area contributed by atoms with Crippen molar-refractivity contribution in [3.63, 3.8) is 0 Å². The molecule has 1 aromatic carbocycles. The maximum Gasteiger partial charge on any atom is 0.325 e. The minimum Gasteiger partial charge on any atom is -0.504 e. The largest absolute Gasteiger partial charge is 0.504 e. The van der Waals surface area contributed by atoms with Crippen molar-refractivity contribution < 1.29 is 19.7 Å². The highest BCUT2D eigenvalue weighted by Gasteiger charge is 2.34. The van der Waals surface area contributed by atoms with Crippen LogP contribution < -0.4 is 4.74 Å². The van der Waals surface area contributed by atoms with Gasteiger partial charge in [-0.05, 0) is 31.2 Å². The lowest BCUT2D eigenvalue weighted by molar-refractivity contribution is -0.145. The molecule has 0 spiro atoms. The van der Waals surface area contributed by atoms with Crippen LogP contribution in [0.4, 0.5) is 0 Å². The number of hydrogen-bond acceptors (Lipinski definition) is 5. The Bertz CT molecular complexity index is 535. The van der Waals surface area contributed by atoms with Crippen LogP contribution in [0.15, 0.2) is 18.2 Å². The van der Waals surface area contributed by atoms with Crippen LogP contribution in [-0.2, 0) is 4.79 Å². The fraction of sp³-hybridized carbons (Fsp3) is 0.562. The van der Waals surface area contributed by atoms with Crippen molar-refractivity contribution in [3.05, 3.63) is 23.8 Å². The third-order valence-electron chi connectivity index (χ3n) is 4.30. The summed E-state index contributed by atoms with van der Waals surface area (Å²) in [5.41, 5.74) is 0.624. The minimum atomic E-state index is -0.885. The zero-order chi connectivity index (χ0) is 16.3. The Morgan fingerprint density at radius 2 is 2.18 bits per heavy atom. The molecule has 6 nitrogen and oxygen atoms in total. The smallest absolute Gasteiger partial charge is 0.325 e. The molecule has 122 valence electrons. The molecular formula is C16H24N2O4. The van der Waals surface area contributed by atoms with E-state index in [1.165, 1.54) is 13.2 Å². The first-order valence-corrected chi connectivity index (χ1v) is 7.55. The molecular weight excluding hydrogens is 284 g/mol. The first kappa shape index (κ1) is 16.6. The second-order valence-corrected chi connectivity index (χ2v) is 5.65. The molecule has 2 unspecified atom stereocenters. The molecule has 1 aromatic rings. The second kappa shape index (κ2) is 6.98. The van der Waals surface area contributed by atoms with Crippen molar-refractivity contribution in [2.75, 3.05) is 33.3 Å². The third kappa shape index (κ3) is 3.34. The van der Waals surface area contributed by atoms with Crippen LogP contribution >= 0.6 is 0 Å². The maximum atomic E-state index is 11.8. The SMILES string of the molecule is CCN1CCN(C(C(=O)O)c2ccc(O)c(OC)c2)C(C)C1. The number of benzene rings is 1. The van der Waals surface area contributed by atoms with Crippen LogP contribution in [0.3, 0.4) is 0 Å². The van der Waals surface area contributed by atoms with E-state index in [4.69, 9.17) is 4.74 Å². The van der Waals surface area contributed by atoms with E-state index in [0.717, 1.165) is 19.6 Å². The summed E-state index contributed by atoms with van der Waals surface area (Å²) in [6.07, 6.45) is 0. The van der Waals surface area contributed by atoms with E-state index < -0.39 is 12.0 Å². The molecule has 0 amide bonds. The second-order valence-electron chi connectivity index (χ2n) is 5.65. The van der Waals surface area contributed by atoms with E-state index in [0.29, 0.717) is 17.9 Å². The Morgan fingerprint density at radius 3 is 2.73 bits per heavy atom. The van der Waals surface area contributed by atoms with Gasteiger partial charge in [0.15, 0.2) is 11.5 Å². The molecule has 0 aromatic heterocycles. The van der Waals surface area contributed by atoms with E-state index in [-0.39, 0.29) is 11.8 Å². The molecule has 0 aliphatic carbocycles. The van der Waals surface area contributed by atoms with E-state index >= 15 is 0 Å². The third-order valence-corrected chi connectivity index (χ3v) is 4.30. The van der Waals surface area contributed by atoms with Crippen molar-refractivity contribution in [1.82, 2.24) is 9.80 Å². The van der Waals surface area contributed by atoms with Gasteiger partial charge < -0.3 is 19.8 Å². The maximum absolute atomic E-state index is 11.8. The average molecular weight is 308 g/mol. The predicted molar refractivity (Wildman–Crippen MR) is 83.3 cm³/mol. The van der Waals surface area contributed by atoms with Gasteiger partial charge in [-0.1, -0.05) is 13.0 Å². The van der Waals surface area contributed by atoms with Crippen LogP contribution in [-0.4, -0.2) is 65.3 Å². The van der Waals surface area contributed by atoms with Crippen LogP contribution in [0, 0.1) is 0 Å². The van der Waals surface area contributed by atoms with Crippen molar-refractivity contribution >= 4 is 5.97 Å². The van der Waals surface area contributed by atoms with Gasteiger partial charge in [-0.15, -0.1) is 0 Å². The van der Waals surface area contributed by atoms with E-state index in [1.807, 2.05) is 4.90 Å². The van der Waals surface area contributed by atoms with Crippen molar-refractivity contribution in [2.24, 2.45) is 0 Å².